The summed E-state index contributed by atoms with van der Waals surface area (Å²) >= 11 is 0. The summed E-state index contributed by atoms with van der Waals surface area (Å²) in [7, 11) is -3.38. The molecule has 7 nitrogen and oxygen atoms in total. The van der Waals surface area contributed by atoms with Crippen LogP contribution in [-0.2, 0) is 15.0 Å². The average Bonchev–Trinajstić information content (AvgIpc) is 2.95. The maximum absolute atomic E-state index is 12.9. The van der Waals surface area contributed by atoms with E-state index >= 15 is 0 Å². The second-order valence-corrected chi connectivity index (χ2v) is 9.74. The van der Waals surface area contributed by atoms with Gasteiger partial charge in [0.05, 0.1) is 6.54 Å². The first-order chi connectivity index (χ1) is 13.4. The van der Waals surface area contributed by atoms with Gasteiger partial charge in [0, 0.05) is 45.0 Å². The first-order valence-electron chi connectivity index (χ1n) is 10.2. The number of para-hydroxylation sites is 1. The number of piperazine rings is 1. The van der Waals surface area contributed by atoms with E-state index in [0.717, 1.165) is 42.5 Å². The lowest BCUT2D eigenvalue weighted by Gasteiger charge is -2.36. The Morgan fingerprint density at radius 3 is 2.00 bits per heavy atom. The van der Waals surface area contributed by atoms with Crippen LogP contribution in [0.4, 0.5) is 5.69 Å². The van der Waals surface area contributed by atoms with Crippen LogP contribution >= 0.6 is 0 Å². The molecule has 0 radical (unpaired) electrons. The lowest BCUT2D eigenvalue weighted by atomic mass is 10.1. The van der Waals surface area contributed by atoms with Crippen LogP contribution in [0.15, 0.2) is 18.2 Å². The normalized spacial score (nSPS) is 20.6. The summed E-state index contributed by atoms with van der Waals surface area (Å²) < 4.78 is 29.0. The molecule has 0 saturated carbocycles. The van der Waals surface area contributed by atoms with Gasteiger partial charge in [-0.3, -0.25) is 9.69 Å². The van der Waals surface area contributed by atoms with Gasteiger partial charge in [-0.2, -0.15) is 17.0 Å². The number of hydrogen-bond acceptors (Lipinski definition) is 4. The highest BCUT2D eigenvalue weighted by atomic mass is 32.2. The van der Waals surface area contributed by atoms with E-state index in [1.165, 1.54) is 0 Å². The Hall–Kier alpha value is -1.48. The fourth-order valence-electron chi connectivity index (χ4n) is 3.95. The highest BCUT2D eigenvalue weighted by molar-refractivity contribution is 7.86. The maximum Gasteiger partial charge on any atom is 0.282 e. The third-order valence-electron chi connectivity index (χ3n) is 5.66. The van der Waals surface area contributed by atoms with Crippen LogP contribution in [0.5, 0.6) is 0 Å². The molecule has 0 atom stereocenters. The van der Waals surface area contributed by atoms with Crippen molar-refractivity contribution in [3.05, 3.63) is 29.3 Å². The Labute approximate surface area is 168 Å². The van der Waals surface area contributed by atoms with Crippen molar-refractivity contribution >= 4 is 21.8 Å². The van der Waals surface area contributed by atoms with Gasteiger partial charge in [0.2, 0.25) is 5.91 Å². The van der Waals surface area contributed by atoms with Crippen molar-refractivity contribution in [1.29, 1.82) is 0 Å². The van der Waals surface area contributed by atoms with Crippen molar-refractivity contribution in [1.82, 2.24) is 13.5 Å². The largest absolute Gasteiger partial charge is 0.324 e. The molecule has 1 amide bonds. The van der Waals surface area contributed by atoms with Gasteiger partial charge in [0.15, 0.2) is 0 Å². The van der Waals surface area contributed by atoms with Crippen LogP contribution in [-0.4, -0.2) is 73.6 Å². The number of nitrogens with zero attached hydrogens (tertiary/aromatic N) is 3. The van der Waals surface area contributed by atoms with Crippen LogP contribution in [0.1, 0.15) is 36.8 Å². The topological polar surface area (TPSA) is 73.0 Å². The highest BCUT2D eigenvalue weighted by Gasteiger charge is 2.32. The lowest BCUT2D eigenvalue weighted by Crippen LogP contribution is -2.54. The predicted molar refractivity (Wildman–Crippen MR) is 112 cm³/mol. The van der Waals surface area contributed by atoms with Crippen LogP contribution < -0.4 is 5.32 Å². The van der Waals surface area contributed by atoms with Crippen molar-refractivity contribution in [3.63, 3.8) is 0 Å². The number of nitrogens with one attached hydrogen (secondary N) is 1. The summed E-state index contributed by atoms with van der Waals surface area (Å²) in [5, 5.41) is 3.01. The molecule has 0 aromatic heterocycles. The fraction of sp³-hybridized carbons (Fsp3) is 0.650. The molecular formula is C20H32N4O3S. The van der Waals surface area contributed by atoms with Crippen LogP contribution in [0.2, 0.25) is 0 Å². The van der Waals surface area contributed by atoms with Gasteiger partial charge >= 0.3 is 0 Å². The Morgan fingerprint density at radius 2 is 1.43 bits per heavy atom. The quantitative estimate of drug-likeness (QED) is 0.809. The Balaban J connectivity index is 1.51. The third kappa shape index (κ3) is 5.11. The first kappa shape index (κ1) is 21.2. The minimum absolute atomic E-state index is 0.0544. The van der Waals surface area contributed by atoms with Gasteiger partial charge in [0.25, 0.3) is 10.2 Å². The molecule has 0 bridgehead atoms. The summed E-state index contributed by atoms with van der Waals surface area (Å²) in [5.41, 5.74) is 2.96. The van der Waals surface area contributed by atoms with Crippen molar-refractivity contribution < 1.29 is 13.2 Å². The van der Waals surface area contributed by atoms with E-state index in [2.05, 4.69) is 5.32 Å². The Kier molecular flexibility index (Phi) is 7.09. The van der Waals surface area contributed by atoms with Gasteiger partial charge < -0.3 is 5.32 Å². The standard InChI is InChI=1S/C20H32N4O3S/c1-17-8-7-9-18(2)20(17)21-19(25)16-22-12-14-24(15-13-22)28(26,27)23-10-5-3-4-6-11-23/h7-9H,3-6,10-16H2,1-2H3,(H,21,25). The molecule has 2 fully saturated rings. The van der Waals surface area contributed by atoms with E-state index in [1.807, 2.05) is 36.9 Å². The molecule has 28 heavy (non-hydrogen) atoms. The van der Waals surface area contributed by atoms with Gasteiger partial charge in [-0.25, -0.2) is 0 Å². The second kappa shape index (κ2) is 9.35. The van der Waals surface area contributed by atoms with Crippen molar-refractivity contribution in [2.75, 3.05) is 51.1 Å². The molecule has 0 unspecified atom stereocenters. The molecule has 8 heteroatoms. The van der Waals surface area contributed by atoms with Gasteiger partial charge in [-0.1, -0.05) is 31.0 Å². The van der Waals surface area contributed by atoms with Crippen LogP contribution in [0, 0.1) is 13.8 Å². The monoisotopic (exact) mass is 408 g/mol. The number of carbonyl (C=O) groups is 1. The highest BCUT2D eigenvalue weighted by Crippen LogP contribution is 2.20. The van der Waals surface area contributed by atoms with Gasteiger partial charge in [-0.15, -0.1) is 0 Å². The zero-order chi connectivity index (χ0) is 20.1. The number of rotatable bonds is 5. The summed E-state index contributed by atoms with van der Waals surface area (Å²) in [5.74, 6) is -0.0544. The number of aryl methyl sites for hydroxylation is 2. The molecule has 0 aliphatic carbocycles. The molecule has 2 heterocycles. The van der Waals surface area contributed by atoms with Crippen LogP contribution in [0.3, 0.4) is 0 Å². The molecule has 2 saturated heterocycles. The summed E-state index contributed by atoms with van der Waals surface area (Å²) in [6.45, 7) is 7.53. The molecule has 2 aliphatic heterocycles. The maximum atomic E-state index is 12.9. The first-order valence-corrected chi connectivity index (χ1v) is 11.6. The molecule has 1 N–H and O–H groups in total. The summed E-state index contributed by atoms with van der Waals surface area (Å²) in [6.07, 6.45) is 4.10. The Morgan fingerprint density at radius 1 is 0.893 bits per heavy atom. The zero-order valence-electron chi connectivity index (χ0n) is 17.0. The van der Waals surface area contributed by atoms with E-state index in [-0.39, 0.29) is 12.5 Å². The molecule has 1 aromatic rings. The van der Waals surface area contributed by atoms with Crippen molar-refractivity contribution in [2.24, 2.45) is 0 Å². The second-order valence-electron chi connectivity index (χ2n) is 7.81. The number of carbonyl (C=O) groups excluding carboxylic acids is 1. The summed E-state index contributed by atoms with van der Waals surface area (Å²) in [6, 6.07) is 5.94. The SMILES string of the molecule is Cc1cccc(C)c1NC(=O)CN1CCN(S(=O)(=O)N2CCCCCC2)CC1. The molecule has 156 valence electrons. The molecular weight excluding hydrogens is 376 g/mol. The fourth-order valence-corrected chi connectivity index (χ4v) is 5.62. The van der Waals surface area contributed by atoms with E-state index < -0.39 is 10.2 Å². The minimum Gasteiger partial charge on any atom is -0.324 e. The number of amides is 1. The minimum atomic E-state index is -3.38. The van der Waals surface area contributed by atoms with Crippen LogP contribution in [0.25, 0.3) is 0 Å². The smallest absolute Gasteiger partial charge is 0.282 e. The predicted octanol–water partition coefficient (Wildman–Crippen LogP) is 1.98. The lowest BCUT2D eigenvalue weighted by molar-refractivity contribution is -0.117. The van der Waals surface area contributed by atoms with Gasteiger partial charge in [0.1, 0.15) is 0 Å². The third-order valence-corrected chi connectivity index (χ3v) is 7.70. The van der Waals surface area contributed by atoms with Crippen molar-refractivity contribution in [2.45, 2.75) is 39.5 Å². The van der Waals surface area contributed by atoms with E-state index in [9.17, 15) is 13.2 Å². The number of hydrogen-bond donors (Lipinski definition) is 1. The summed E-state index contributed by atoms with van der Waals surface area (Å²) in [4.78, 5) is 14.5. The van der Waals surface area contributed by atoms with Crippen molar-refractivity contribution in [3.8, 4) is 0 Å². The van der Waals surface area contributed by atoms with E-state index in [1.54, 1.807) is 8.61 Å². The van der Waals surface area contributed by atoms with E-state index in [0.29, 0.717) is 39.3 Å². The molecule has 2 aliphatic rings. The average molecular weight is 409 g/mol. The molecule has 0 spiro atoms. The zero-order valence-corrected chi connectivity index (χ0v) is 17.8. The van der Waals surface area contributed by atoms with Gasteiger partial charge in [-0.05, 0) is 37.8 Å². The number of benzene rings is 1. The molecule has 1 aromatic carbocycles. The molecule has 3 rings (SSSR count). The number of anilines is 1. The Bertz CT molecular complexity index is 760. The van der Waals surface area contributed by atoms with E-state index in [4.69, 9.17) is 0 Å².